The van der Waals surface area contributed by atoms with Gasteiger partial charge in [-0.25, -0.2) is 4.79 Å². The van der Waals surface area contributed by atoms with Crippen molar-refractivity contribution in [3.05, 3.63) is 0 Å². The third-order valence-electron chi connectivity index (χ3n) is 2.44. The van der Waals surface area contributed by atoms with E-state index in [0.717, 1.165) is 0 Å². The maximum absolute atomic E-state index is 10.7. The molecule has 0 aromatic heterocycles. The Morgan fingerprint density at radius 1 is 1.29 bits per heavy atom. The van der Waals surface area contributed by atoms with Gasteiger partial charge in [-0.1, -0.05) is 0 Å². The van der Waals surface area contributed by atoms with Gasteiger partial charge in [0, 0.05) is 0 Å². The molecule has 17 heavy (non-hydrogen) atoms. The number of rotatable bonds is 4. The van der Waals surface area contributed by atoms with E-state index in [9.17, 15) is 20.1 Å². The minimum atomic E-state index is -1.74. The summed E-state index contributed by atoms with van der Waals surface area (Å²) < 4.78 is 9.82. The van der Waals surface area contributed by atoms with Crippen molar-refractivity contribution in [1.29, 1.82) is 0 Å². The van der Waals surface area contributed by atoms with Crippen molar-refractivity contribution < 1.29 is 39.8 Å². The number of carboxylic acid groups (broad SMARTS) is 1. The molecule has 0 aromatic carbocycles. The van der Waals surface area contributed by atoms with Gasteiger partial charge in [-0.15, -0.1) is 0 Å². The molecular weight excluding hydrogens is 236 g/mol. The van der Waals surface area contributed by atoms with Gasteiger partial charge < -0.3 is 35.0 Å². The Labute approximate surface area is 97.0 Å². The maximum Gasteiger partial charge on any atom is 0.335 e. The van der Waals surface area contributed by atoms with Crippen LogP contribution in [0.25, 0.3) is 0 Å². The number of hydrogen-bond acceptors (Lipinski definition) is 7. The first kappa shape index (κ1) is 14.3. The van der Waals surface area contributed by atoms with Crippen LogP contribution < -0.4 is 0 Å². The van der Waals surface area contributed by atoms with Crippen LogP contribution >= 0.6 is 0 Å². The highest BCUT2D eigenvalue weighted by molar-refractivity contribution is 5.73. The number of ether oxygens (including phenoxy) is 2. The summed E-state index contributed by atoms with van der Waals surface area (Å²) in [5.74, 6) is -1.48. The van der Waals surface area contributed by atoms with Crippen molar-refractivity contribution in [2.75, 3.05) is 6.61 Å². The molecule has 0 aromatic rings. The largest absolute Gasteiger partial charge is 0.479 e. The average molecular weight is 252 g/mol. The van der Waals surface area contributed by atoms with Crippen LogP contribution in [0, 0.1) is 0 Å². The molecule has 1 rings (SSSR count). The van der Waals surface area contributed by atoms with Crippen LogP contribution in [0.4, 0.5) is 0 Å². The summed E-state index contributed by atoms with van der Waals surface area (Å²) in [4.78, 5) is 10.7. The Bertz CT molecular complexity index is 270. The van der Waals surface area contributed by atoms with Crippen LogP contribution in [0.2, 0.25) is 0 Å². The first-order valence-electron chi connectivity index (χ1n) is 5.07. The molecular formula is C9H16O8. The van der Waals surface area contributed by atoms with E-state index in [1.807, 2.05) is 0 Å². The normalized spacial score (nSPS) is 39.9. The zero-order valence-electron chi connectivity index (χ0n) is 9.13. The molecule has 1 aliphatic rings. The first-order chi connectivity index (χ1) is 7.88. The van der Waals surface area contributed by atoms with Crippen LogP contribution in [0.15, 0.2) is 0 Å². The van der Waals surface area contributed by atoms with Crippen molar-refractivity contribution in [2.45, 2.75) is 43.7 Å². The minimum absolute atomic E-state index is 0.358. The molecule has 8 nitrogen and oxygen atoms in total. The molecule has 1 heterocycles. The van der Waals surface area contributed by atoms with Gasteiger partial charge in [-0.3, -0.25) is 0 Å². The third kappa shape index (κ3) is 3.12. The van der Waals surface area contributed by atoms with Crippen LogP contribution in [-0.4, -0.2) is 74.9 Å². The molecule has 0 spiro atoms. The zero-order chi connectivity index (χ0) is 13.2. The molecule has 1 aliphatic heterocycles. The Morgan fingerprint density at radius 3 is 2.35 bits per heavy atom. The Balaban J connectivity index is 2.74. The van der Waals surface area contributed by atoms with Gasteiger partial charge in [0.25, 0.3) is 0 Å². The van der Waals surface area contributed by atoms with E-state index in [1.165, 1.54) is 6.92 Å². The molecule has 0 bridgehead atoms. The highest BCUT2D eigenvalue weighted by Crippen LogP contribution is 2.23. The van der Waals surface area contributed by atoms with Crippen molar-refractivity contribution in [3.8, 4) is 0 Å². The minimum Gasteiger partial charge on any atom is -0.479 e. The summed E-state index contributed by atoms with van der Waals surface area (Å²) in [5.41, 5.74) is 0. The van der Waals surface area contributed by atoms with Crippen molar-refractivity contribution in [3.63, 3.8) is 0 Å². The lowest BCUT2D eigenvalue weighted by Gasteiger charge is -2.39. The van der Waals surface area contributed by atoms with Gasteiger partial charge in [-0.05, 0) is 6.92 Å². The number of aliphatic hydroxyl groups excluding tert-OH is 4. The quantitative estimate of drug-likeness (QED) is 0.364. The predicted octanol–water partition coefficient (Wildman–Crippen LogP) is -2.72. The molecule has 0 amide bonds. The van der Waals surface area contributed by atoms with Gasteiger partial charge in [0.2, 0.25) is 0 Å². The molecule has 3 unspecified atom stereocenters. The SMILES string of the molecule is CC(CO)O[C@H]1OC(C(=O)O)[C@@H](O)C(O)[C@H]1O. The fourth-order valence-electron chi connectivity index (χ4n) is 1.44. The third-order valence-corrected chi connectivity index (χ3v) is 2.44. The number of hydrogen-bond donors (Lipinski definition) is 5. The van der Waals surface area contributed by atoms with E-state index in [4.69, 9.17) is 19.7 Å². The molecule has 6 atom stereocenters. The second kappa shape index (κ2) is 5.71. The Kier molecular flexibility index (Phi) is 4.80. The second-order valence-corrected chi connectivity index (χ2v) is 3.86. The Morgan fingerprint density at radius 2 is 1.88 bits per heavy atom. The highest BCUT2D eigenvalue weighted by Gasteiger charge is 2.47. The topological polar surface area (TPSA) is 137 Å². The average Bonchev–Trinajstić information content (AvgIpc) is 2.29. The van der Waals surface area contributed by atoms with Gasteiger partial charge in [0.1, 0.15) is 18.3 Å². The first-order valence-corrected chi connectivity index (χ1v) is 5.07. The van der Waals surface area contributed by atoms with Crippen LogP contribution in [0.3, 0.4) is 0 Å². The lowest BCUT2D eigenvalue weighted by atomic mass is 9.99. The van der Waals surface area contributed by atoms with E-state index >= 15 is 0 Å². The number of carboxylic acids is 1. The Hall–Kier alpha value is -0.770. The fraction of sp³-hybridized carbons (Fsp3) is 0.889. The van der Waals surface area contributed by atoms with Gasteiger partial charge >= 0.3 is 5.97 Å². The summed E-state index contributed by atoms with van der Waals surface area (Å²) in [6.07, 6.45) is -8.84. The lowest BCUT2D eigenvalue weighted by Crippen LogP contribution is -2.60. The van der Waals surface area contributed by atoms with Crippen LogP contribution in [0.1, 0.15) is 6.92 Å². The fourth-order valence-corrected chi connectivity index (χ4v) is 1.44. The predicted molar refractivity (Wildman–Crippen MR) is 52.0 cm³/mol. The lowest BCUT2D eigenvalue weighted by molar-refractivity contribution is -0.304. The van der Waals surface area contributed by atoms with Crippen LogP contribution in [0.5, 0.6) is 0 Å². The summed E-state index contributed by atoms with van der Waals surface area (Å²) in [7, 11) is 0. The van der Waals surface area contributed by atoms with Gasteiger partial charge in [-0.2, -0.15) is 0 Å². The molecule has 0 saturated carbocycles. The summed E-state index contributed by atoms with van der Waals surface area (Å²) in [6.45, 7) is 1.12. The molecule has 100 valence electrons. The molecule has 5 N–H and O–H groups in total. The number of aliphatic hydroxyl groups is 4. The summed E-state index contributed by atoms with van der Waals surface area (Å²) in [5, 5.41) is 45.8. The highest BCUT2D eigenvalue weighted by atomic mass is 16.7. The summed E-state index contributed by atoms with van der Waals surface area (Å²) in [6, 6.07) is 0. The standard InChI is InChI=1S/C9H16O8/c1-3(2-10)16-9-6(13)4(11)5(12)7(17-9)8(14)15/h3-7,9-13H,2H2,1H3,(H,14,15)/t3?,4?,5-,6+,7?,9-/m0/s1. The van der Waals surface area contributed by atoms with Crippen molar-refractivity contribution >= 4 is 5.97 Å². The van der Waals surface area contributed by atoms with Crippen molar-refractivity contribution in [2.24, 2.45) is 0 Å². The molecule has 0 radical (unpaired) electrons. The zero-order valence-corrected chi connectivity index (χ0v) is 9.13. The van der Waals surface area contributed by atoms with Crippen LogP contribution in [-0.2, 0) is 14.3 Å². The monoisotopic (exact) mass is 252 g/mol. The van der Waals surface area contributed by atoms with E-state index in [-0.39, 0.29) is 6.61 Å². The second-order valence-electron chi connectivity index (χ2n) is 3.86. The molecule has 0 aliphatic carbocycles. The number of aliphatic carboxylic acids is 1. The van der Waals surface area contributed by atoms with Gasteiger partial charge in [0.15, 0.2) is 12.4 Å². The smallest absolute Gasteiger partial charge is 0.335 e. The molecule has 1 saturated heterocycles. The number of carbonyl (C=O) groups is 1. The summed E-state index contributed by atoms with van der Waals surface area (Å²) >= 11 is 0. The molecule has 8 heteroatoms. The maximum atomic E-state index is 10.7. The van der Waals surface area contributed by atoms with E-state index in [1.54, 1.807) is 0 Å². The van der Waals surface area contributed by atoms with E-state index in [2.05, 4.69) is 0 Å². The van der Waals surface area contributed by atoms with Crippen molar-refractivity contribution in [1.82, 2.24) is 0 Å². The van der Waals surface area contributed by atoms with E-state index < -0.39 is 42.8 Å². The van der Waals surface area contributed by atoms with E-state index in [0.29, 0.717) is 0 Å². The van der Waals surface area contributed by atoms with Gasteiger partial charge in [0.05, 0.1) is 12.7 Å². The molecule has 1 fully saturated rings.